The maximum Gasteiger partial charge on any atom is 0.407 e. The summed E-state index contributed by atoms with van der Waals surface area (Å²) in [5.74, 6) is 0.202. The molecular weight excluding hydrogens is 326 g/mol. The Balaban J connectivity index is 1.79. The normalized spacial score (nSPS) is 15.9. The molecule has 0 atom stereocenters. The van der Waals surface area contributed by atoms with Crippen LogP contribution in [-0.4, -0.2) is 46.6 Å². The van der Waals surface area contributed by atoms with Crippen molar-refractivity contribution < 1.29 is 14.7 Å². The van der Waals surface area contributed by atoms with Crippen LogP contribution in [0.4, 0.5) is 4.79 Å². The molecule has 0 saturated carbocycles. The van der Waals surface area contributed by atoms with Crippen LogP contribution in [0.3, 0.4) is 0 Å². The van der Waals surface area contributed by atoms with E-state index < -0.39 is 6.09 Å². The van der Waals surface area contributed by atoms with Gasteiger partial charge in [-0.05, 0) is 46.8 Å². The van der Waals surface area contributed by atoms with Crippen molar-refractivity contribution in [3.63, 3.8) is 0 Å². The highest BCUT2D eigenvalue weighted by Crippen LogP contribution is 2.16. The molecule has 2 rings (SSSR count). The van der Waals surface area contributed by atoms with Gasteiger partial charge < -0.3 is 15.3 Å². The highest BCUT2D eigenvalue weighted by molar-refractivity contribution is 9.10. The summed E-state index contributed by atoms with van der Waals surface area (Å²) < 4.78 is 0.625. The van der Waals surface area contributed by atoms with E-state index in [0.717, 1.165) is 12.8 Å². The molecule has 0 radical (unpaired) electrons. The Bertz CT molecular complexity index is 501. The van der Waals surface area contributed by atoms with Gasteiger partial charge in [0.2, 0.25) is 0 Å². The first-order valence-corrected chi connectivity index (χ1v) is 7.23. The minimum absolute atomic E-state index is 0.131. The van der Waals surface area contributed by atoms with Crippen molar-refractivity contribution in [3.05, 3.63) is 28.5 Å². The van der Waals surface area contributed by atoms with E-state index in [1.54, 1.807) is 18.3 Å². The molecule has 0 aliphatic carbocycles. The Morgan fingerprint density at radius 2 is 2.15 bits per heavy atom. The van der Waals surface area contributed by atoms with E-state index in [-0.39, 0.29) is 5.91 Å². The van der Waals surface area contributed by atoms with Crippen molar-refractivity contribution in [2.24, 2.45) is 5.92 Å². The van der Waals surface area contributed by atoms with Crippen molar-refractivity contribution >= 4 is 27.9 Å². The Kier molecular flexibility index (Phi) is 4.94. The number of carboxylic acid groups (broad SMARTS) is 1. The fourth-order valence-electron chi connectivity index (χ4n) is 2.21. The Morgan fingerprint density at radius 1 is 1.45 bits per heavy atom. The molecule has 6 nitrogen and oxygen atoms in total. The lowest BCUT2D eigenvalue weighted by molar-refractivity contribution is 0.0928. The molecule has 108 valence electrons. The standard InChI is InChI=1S/C13H16BrN3O3/c14-11-7-10(1-4-15-11)12(18)16-8-9-2-5-17(6-3-9)13(19)20/h1,4,7,9H,2-3,5-6,8H2,(H,16,18)(H,19,20). The number of halogens is 1. The molecule has 0 spiro atoms. The second-order valence-corrected chi connectivity index (χ2v) is 5.60. The van der Waals surface area contributed by atoms with Gasteiger partial charge in [0.15, 0.2) is 0 Å². The second-order valence-electron chi connectivity index (χ2n) is 4.79. The smallest absolute Gasteiger partial charge is 0.407 e. The number of hydrogen-bond donors (Lipinski definition) is 2. The van der Waals surface area contributed by atoms with E-state index in [4.69, 9.17) is 5.11 Å². The van der Waals surface area contributed by atoms with Crippen LogP contribution in [0.2, 0.25) is 0 Å². The Hall–Kier alpha value is -1.63. The largest absolute Gasteiger partial charge is 0.465 e. The summed E-state index contributed by atoms with van der Waals surface area (Å²) in [7, 11) is 0. The highest BCUT2D eigenvalue weighted by atomic mass is 79.9. The third-order valence-electron chi connectivity index (χ3n) is 3.43. The summed E-state index contributed by atoms with van der Waals surface area (Å²) in [6, 6.07) is 3.33. The van der Waals surface area contributed by atoms with Crippen molar-refractivity contribution in [3.8, 4) is 0 Å². The molecule has 2 heterocycles. The first kappa shape index (κ1) is 14.8. The lowest BCUT2D eigenvalue weighted by Crippen LogP contribution is -2.40. The molecule has 1 fully saturated rings. The number of nitrogens with one attached hydrogen (secondary N) is 1. The average molecular weight is 342 g/mol. The Morgan fingerprint density at radius 3 is 2.75 bits per heavy atom. The number of hydrogen-bond acceptors (Lipinski definition) is 3. The van der Waals surface area contributed by atoms with Crippen molar-refractivity contribution in [1.82, 2.24) is 15.2 Å². The van der Waals surface area contributed by atoms with Crippen molar-refractivity contribution in [2.45, 2.75) is 12.8 Å². The van der Waals surface area contributed by atoms with Gasteiger partial charge in [0.1, 0.15) is 4.60 Å². The fourth-order valence-corrected chi connectivity index (χ4v) is 2.58. The van der Waals surface area contributed by atoms with Crippen molar-refractivity contribution in [2.75, 3.05) is 19.6 Å². The molecule has 1 aliphatic rings. The van der Waals surface area contributed by atoms with Gasteiger partial charge >= 0.3 is 6.09 Å². The first-order chi connectivity index (χ1) is 9.56. The van der Waals surface area contributed by atoms with Crippen LogP contribution >= 0.6 is 15.9 Å². The predicted octanol–water partition coefficient (Wildman–Crippen LogP) is 1.96. The molecule has 7 heteroatoms. The number of carbonyl (C=O) groups is 2. The van der Waals surface area contributed by atoms with E-state index in [1.165, 1.54) is 4.90 Å². The maximum absolute atomic E-state index is 11.9. The predicted molar refractivity (Wildman–Crippen MR) is 76.6 cm³/mol. The number of likely N-dealkylation sites (tertiary alicyclic amines) is 1. The van der Waals surface area contributed by atoms with E-state index in [1.807, 2.05) is 0 Å². The number of carbonyl (C=O) groups excluding carboxylic acids is 1. The quantitative estimate of drug-likeness (QED) is 0.823. The molecule has 0 aromatic carbocycles. The summed E-state index contributed by atoms with van der Waals surface area (Å²) in [4.78, 5) is 28.1. The number of piperidine rings is 1. The van der Waals surface area contributed by atoms with Crippen LogP contribution in [0.25, 0.3) is 0 Å². The van der Waals surface area contributed by atoms with Gasteiger partial charge in [-0.2, -0.15) is 0 Å². The summed E-state index contributed by atoms with van der Waals surface area (Å²) in [5, 5.41) is 11.7. The average Bonchev–Trinajstić information content (AvgIpc) is 2.45. The lowest BCUT2D eigenvalue weighted by atomic mass is 9.97. The van der Waals surface area contributed by atoms with E-state index >= 15 is 0 Å². The maximum atomic E-state index is 11.9. The first-order valence-electron chi connectivity index (χ1n) is 6.44. The molecule has 1 aromatic rings. The molecule has 0 unspecified atom stereocenters. The molecule has 2 N–H and O–H groups in total. The monoisotopic (exact) mass is 341 g/mol. The van der Waals surface area contributed by atoms with Crippen LogP contribution in [0.15, 0.2) is 22.9 Å². The molecule has 2 amide bonds. The third kappa shape index (κ3) is 3.93. The fraction of sp³-hybridized carbons (Fsp3) is 0.462. The summed E-state index contributed by atoms with van der Waals surface area (Å²) in [5.41, 5.74) is 0.565. The zero-order chi connectivity index (χ0) is 14.5. The highest BCUT2D eigenvalue weighted by Gasteiger charge is 2.22. The molecule has 1 aliphatic heterocycles. The van der Waals surface area contributed by atoms with E-state index in [9.17, 15) is 9.59 Å². The number of amides is 2. The van der Waals surface area contributed by atoms with Gasteiger partial charge in [0, 0.05) is 31.4 Å². The van der Waals surface area contributed by atoms with Gasteiger partial charge in [-0.3, -0.25) is 4.79 Å². The minimum Gasteiger partial charge on any atom is -0.465 e. The van der Waals surface area contributed by atoms with E-state index in [2.05, 4.69) is 26.2 Å². The molecule has 20 heavy (non-hydrogen) atoms. The summed E-state index contributed by atoms with van der Waals surface area (Å²) >= 11 is 3.23. The van der Waals surface area contributed by atoms with Gasteiger partial charge in [-0.1, -0.05) is 0 Å². The van der Waals surface area contributed by atoms with Crippen LogP contribution in [0.5, 0.6) is 0 Å². The number of rotatable bonds is 3. The molecule has 0 bridgehead atoms. The lowest BCUT2D eigenvalue weighted by Gasteiger charge is -2.29. The summed E-state index contributed by atoms with van der Waals surface area (Å²) in [6.45, 7) is 1.65. The minimum atomic E-state index is -0.867. The van der Waals surface area contributed by atoms with Gasteiger partial charge in [0.05, 0.1) is 0 Å². The van der Waals surface area contributed by atoms with Crippen molar-refractivity contribution in [1.29, 1.82) is 0 Å². The number of pyridine rings is 1. The Labute approximate surface area is 125 Å². The molecule has 1 saturated heterocycles. The molecule has 1 aromatic heterocycles. The third-order valence-corrected chi connectivity index (χ3v) is 3.86. The SMILES string of the molecule is O=C(NCC1CCN(C(=O)O)CC1)c1ccnc(Br)c1. The van der Waals surface area contributed by atoms with Gasteiger partial charge in [0.25, 0.3) is 5.91 Å². The molecular formula is C13H16BrN3O3. The van der Waals surface area contributed by atoms with E-state index in [0.29, 0.717) is 35.7 Å². The topological polar surface area (TPSA) is 82.5 Å². The second kappa shape index (κ2) is 6.69. The summed E-state index contributed by atoms with van der Waals surface area (Å²) in [6.07, 6.45) is 2.28. The van der Waals surface area contributed by atoms with Gasteiger partial charge in [-0.25, -0.2) is 9.78 Å². The van der Waals surface area contributed by atoms with Crippen LogP contribution in [0, 0.1) is 5.92 Å². The zero-order valence-electron chi connectivity index (χ0n) is 10.9. The van der Waals surface area contributed by atoms with Crippen LogP contribution in [-0.2, 0) is 0 Å². The van der Waals surface area contributed by atoms with Gasteiger partial charge in [-0.15, -0.1) is 0 Å². The zero-order valence-corrected chi connectivity index (χ0v) is 12.5. The van der Waals surface area contributed by atoms with Crippen LogP contribution < -0.4 is 5.32 Å². The number of nitrogens with zero attached hydrogens (tertiary/aromatic N) is 2. The van der Waals surface area contributed by atoms with Crippen LogP contribution in [0.1, 0.15) is 23.2 Å². The number of aromatic nitrogens is 1.